The van der Waals surface area contributed by atoms with Crippen molar-refractivity contribution in [3.63, 3.8) is 0 Å². The Hall–Kier alpha value is -2.81. The van der Waals surface area contributed by atoms with Crippen LogP contribution in [0.5, 0.6) is 0 Å². The molecule has 134 valence electrons. The molecule has 0 saturated heterocycles. The fourth-order valence-electron chi connectivity index (χ4n) is 2.86. The van der Waals surface area contributed by atoms with Crippen LogP contribution in [0, 0.1) is 19.8 Å². The maximum atomic E-state index is 12.4. The van der Waals surface area contributed by atoms with E-state index in [1.165, 1.54) is 11.3 Å². The van der Waals surface area contributed by atoms with E-state index in [0.717, 1.165) is 16.7 Å². The largest absolute Gasteiger partial charge is 0.443 e. The second-order valence-corrected chi connectivity index (χ2v) is 7.23. The number of nitrogens with zero attached hydrogens (tertiary/aromatic N) is 5. The van der Waals surface area contributed by atoms with E-state index in [9.17, 15) is 4.79 Å². The minimum atomic E-state index is -0.340. The maximum Gasteiger partial charge on any atom is 0.271 e. The zero-order chi connectivity index (χ0) is 18.4. The molecule has 4 aromatic rings. The molecule has 4 aromatic heterocycles. The Morgan fingerprint density at radius 1 is 1.31 bits per heavy atom. The number of amides is 1. The Labute approximate surface area is 153 Å². The van der Waals surface area contributed by atoms with Crippen LogP contribution in [0.4, 0.5) is 0 Å². The molecular formula is C17H18N6O2S. The summed E-state index contributed by atoms with van der Waals surface area (Å²) in [6, 6.07) is -0.340. The number of furan rings is 1. The minimum Gasteiger partial charge on any atom is -0.443 e. The minimum absolute atomic E-state index is 0.102. The molecule has 0 aromatic carbocycles. The second-order valence-electron chi connectivity index (χ2n) is 6.51. The number of carbonyl (C=O) groups excluding carboxylic acids is 1. The molecule has 0 radical (unpaired) electrons. The Kier molecular flexibility index (Phi) is 3.95. The molecule has 0 aliphatic carbocycles. The Morgan fingerprint density at radius 2 is 2.12 bits per heavy atom. The lowest BCUT2D eigenvalue weighted by Gasteiger charge is -2.18. The van der Waals surface area contributed by atoms with E-state index < -0.39 is 0 Å². The summed E-state index contributed by atoms with van der Waals surface area (Å²) in [6.07, 6.45) is 1.58. The van der Waals surface area contributed by atoms with Gasteiger partial charge in [0.15, 0.2) is 11.5 Å². The summed E-state index contributed by atoms with van der Waals surface area (Å²) in [4.78, 5) is 25.5. The van der Waals surface area contributed by atoms with Crippen LogP contribution in [0.1, 0.15) is 47.5 Å². The molecule has 9 heteroatoms. The van der Waals surface area contributed by atoms with Gasteiger partial charge in [0.2, 0.25) is 5.71 Å². The van der Waals surface area contributed by atoms with E-state index in [0.29, 0.717) is 22.9 Å². The molecule has 0 bridgehead atoms. The van der Waals surface area contributed by atoms with Crippen LogP contribution >= 0.6 is 11.3 Å². The van der Waals surface area contributed by atoms with Gasteiger partial charge in [-0.05, 0) is 19.8 Å². The number of fused-ring (bicyclic) bond motifs is 3. The average molecular weight is 370 g/mol. The van der Waals surface area contributed by atoms with E-state index >= 15 is 0 Å². The van der Waals surface area contributed by atoms with Crippen molar-refractivity contribution < 1.29 is 9.21 Å². The fourth-order valence-corrected chi connectivity index (χ4v) is 3.39. The van der Waals surface area contributed by atoms with Crippen LogP contribution in [0.3, 0.4) is 0 Å². The Balaban J connectivity index is 1.78. The number of aryl methyl sites for hydroxylation is 2. The number of thiazole rings is 1. The second kappa shape index (κ2) is 6.17. The van der Waals surface area contributed by atoms with Crippen molar-refractivity contribution in [3.8, 4) is 0 Å². The molecule has 1 N–H and O–H groups in total. The van der Waals surface area contributed by atoms with Crippen LogP contribution < -0.4 is 5.32 Å². The summed E-state index contributed by atoms with van der Waals surface area (Å²) in [5, 5.41) is 10.1. The van der Waals surface area contributed by atoms with Gasteiger partial charge in [0, 0.05) is 10.9 Å². The molecule has 8 nitrogen and oxygen atoms in total. The number of rotatable bonds is 4. The van der Waals surface area contributed by atoms with Crippen molar-refractivity contribution in [2.45, 2.75) is 33.7 Å². The maximum absolute atomic E-state index is 12.4. The van der Waals surface area contributed by atoms with Gasteiger partial charge in [-0.25, -0.2) is 19.5 Å². The highest BCUT2D eigenvalue weighted by atomic mass is 32.1. The van der Waals surface area contributed by atoms with Crippen molar-refractivity contribution in [3.05, 3.63) is 40.1 Å². The van der Waals surface area contributed by atoms with Gasteiger partial charge in [-0.2, -0.15) is 0 Å². The SMILES string of the molecule is Cc1oc2ncn3nc(C(NC(=O)c4cscn4)C(C)C)nc3c2c1C. The normalized spacial score (nSPS) is 13.0. The van der Waals surface area contributed by atoms with Crippen LogP contribution in [-0.2, 0) is 0 Å². The first kappa shape index (κ1) is 16.6. The number of carbonyl (C=O) groups is 1. The molecular weight excluding hydrogens is 352 g/mol. The first-order valence-electron chi connectivity index (χ1n) is 8.25. The zero-order valence-electron chi connectivity index (χ0n) is 14.8. The molecule has 1 atom stereocenters. The van der Waals surface area contributed by atoms with Gasteiger partial charge in [-0.3, -0.25) is 4.79 Å². The lowest BCUT2D eigenvalue weighted by molar-refractivity contribution is 0.0918. The molecule has 4 rings (SSSR count). The molecule has 0 fully saturated rings. The number of aromatic nitrogens is 5. The molecule has 1 amide bonds. The van der Waals surface area contributed by atoms with Crippen molar-refractivity contribution in [1.82, 2.24) is 29.9 Å². The predicted octanol–water partition coefficient (Wildman–Crippen LogP) is 3.07. The third kappa shape index (κ3) is 2.64. The predicted molar refractivity (Wildman–Crippen MR) is 97.2 cm³/mol. The summed E-state index contributed by atoms with van der Waals surface area (Å²) in [6.45, 7) is 7.90. The van der Waals surface area contributed by atoms with Crippen LogP contribution in [0.15, 0.2) is 21.6 Å². The first-order valence-corrected chi connectivity index (χ1v) is 9.20. The first-order chi connectivity index (χ1) is 12.5. The highest BCUT2D eigenvalue weighted by molar-refractivity contribution is 7.07. The smallest absolute Gasteiger partial charge is 0.271 e. The van der Waals surface area contributed by atoms with E-state index in [-0.39, 0.29) is 17.9 Å². The summed E-state index contributed by atoms with van der Waals surface area (Å²) >= 11 is 1.38. The Morgan fingerprint density at radius 3 is 2.81 bits per heavy atom. The topological polar surface area (TPSA) is 98.2 Å². The molecule has 0 saturated carbocycles. The number of nitrogens with one attached hydrogen (secondary N) is 1. The molecule has 0 spiro atoms. The van der Waals surface area contributed by atoms with Gasteiger partial charge < -0.3 is 9.73 Å². The molecule has 1 unspecified atom stereocenters. The number of hydrogen-bond acceptors (Lipinski definition) is 7. The lowest BCUT2D eigenvalue weighted by atomic mass is 10.0. The van der Waals surface area contributed by atoms with Gasteiger partial charge in [-0.15, -0.1) is 16.4 Å². The third-order valence-electron chi connectivity index (χ3n) is 4.42. The third-order valence-corrected chi connectivity index (χ3v) is 5.01. The molecule has 26 heavy (non-hydrogen) atoms. The lowest BCUT2D eigenvalue weighted by Crippen LogP contribution is -2.32. The van der Waals surface area contributed by atoms with Crippen LogP contribution in [0.25, 0.3) is 16.7 Å². The summed E-state index contributed by atoms with van der Waals surface area (Å²) in [5.74, 6) is 1.21. The van der Waals surface area contributed by atoms with Gasteiger partial charge in [0.1, 0.15) is 17.8 Å². The van der Waals surface area contributed by atoms with Crippen LogP contribution in [0.2, 0.25) is 0 Å². The van der Waals surface area contributed by atoms with E-state index in [4.69, 9.17) is 9.40 Å². The zero-order valence-corrected chi connectivity index (χ0v) is 15.7. The van der Waals surface area contributed by atoms with Gasteiger partial charge in [-0.1, -0.05) is 13.8 Å². The van der Waals surface area contributed by atoms with E-state index in [1.54, 1.807) is 21.7 Å². The molecule has 4 heterocycles. The summed E-state index contributed by atoms with van der Waals surface area (Å²) in [7, 11) is 0. The summed E-state index contributed by atoms with van der Waals surface area (Å²) < 4.78 is 7.30. The van der Waals surface area contributed by atoms with Crippen molar-refractivity contribution in [2.24, 2.45) is 5.92 Å². The van der Waals surface area contributed by atoms with Gasteiger partial charge in [0.25, 0.3) is 5.91 Å². The van der Waals surface area contributed by atoms with Crippen molar-refractivity contribution in [2.75, 3.05) is 0 Å². The van der Waals surface area contributed by atoms with E-state index in [1.807, 2.05) is 27.7 Å². The monoisotopic (exact) mass is 370 g/mol. The number of hydrogen-bond donors (Lipinski definition) is 1. The summed E-state index contributed by atoms with van der Waals surface area (Å²) in [5.41, 5.74) is 4.24. The van der Waals surface area contributed by atoms with E-state index in [2.05, 4.69) is 20.4 Å². The fraction of sp³-hybridized carbons (Fsp3) is 0.353. The van der Waals surface area contributed by atoms with Crippen molar-refractivity contribution in [1.29, 1.82) is 0 Å². The van der Waals surface area contributed by atoms with Crippen LogP contribution in [-0.4, -0.2) is 30.5 Å². The highest BCUT2D eigenvalue weighted by Gasteiger charge is 2.25. The standard InChI is InChI=1S/C17H18N6O2S/c1-8(2)13(20-16(24)11-5-26-7-19-11)14-21-15-12-9(3)10(4)25-17(12)18-6-23(15)22-14/h5-8,13H,1-4H3,(H,20,24). The Bertz CT molecular complexity index is 1100. The molecule has 0 aliphatic rings. The molecule has 0 aliphatic heterocycles. The average Bonchev–Trinajstić information content (AvgIpc) is 3.31. The van der Waals surface area contributed by atoms with Crippen molar-refractivity contribution >= 4 is 34.0 Å². The highest BCUT2D eigenvalue weighted by Crippen LogP contribution is 2.28. The van der Waals surface area contributed by atoms with Gasteiger partial charge >= 0.3 is 0 Å². The van der Waals surface area contributed by atoms with Gasteiger partial charge in [0.05, 0.1) is 16.9 Å². The quantitative estimate of drug-likeness (QED) is 0.593.